The summed E-state index contributed by atoms with van der Waals surface area (Å²) in [4.78, 5) is 42.3. The lowest BCUT2D eigenvalue weighted by molar-refractivity contribution is -0.122. The number of pyridine rings is 1. The summed E-state index contributed by atoms with van der Waals surface area (Å²) in [5.41, 5.74) is 2.50. The second kappa shape index (κ2) is 15.5. The first kappa shape index (κ1) is 32.6. The molecule has 1 saturated heterocycles. The number of fused-ring (bicyclic) bond motifs is 1. The van der Waals surface area contributed by atoms with Crippen molar-refractivity contribution in [2.45, 2.75) is 71.5 Å². The molecule has 0 radical (unpaired) electrons. The zero-order valence-corrected chi connectivity index (χ0v) is 27.0. The van der Waals surface area contributed by atoms with E-state index >= 15 is 0 Å². The van der Waals surface area contributed by atoms with Crippen LogP contribution in [0.1, 0.15) is 58.4 Å². The number of aromatic nitrogens is 1. The summed E-state index contributed by atoms with van der Waals surface area (Å²) in [6.07, 6.45) is 8.10. The second-order valence-electron chi connectivity index (χ2n) is 11.6. The predicted molar refractivity (Wildman–Crippen MR) is 177 cm³/mol. The Kier molecular flexibility index (Phi) is 11.2. The smallest absolute Gasteiger partial charge is 0.260 e. The fourth-order valence-corrected chi connectivity index (χ4v) is 5.81. The zero-order valence-electron chi connectivity index (χ0n) is 26.2. The molecule has 12 heteroatoms. The number of oxime groups is 1. The lowest BCUT2D eigenvalue weighted by Gasteiger charge is -2.24. The quantitative estimate of drug-likeness (QED) is 0.326. The van der Waals surface area contributed by atoms with Crippen LogP contribution in [-0.2, 0) is 20.9 Å². The molecule has 3 aliphatic heterocycles. The van der Waals surface area contributed by atoms with Crippen LogP contribution in [0.2, 0.25) is 5.02 Å². The molecule has 1 amide bonds. The number of halogens is 1. The van der Waals surface area contributed by atoms with Gasteiger partial charge in [-0.15, -0.1) is 0 Å². The summed E-state index contributed by atoms with van der Waals surface area (Å²) in [5.74, 6) is 0.864. The van der Waals surface area contributed by atoms with E-state index in [1.54, 1.807) is 12.1 Å². The number of amides is 1. The zero-order chi connectivity index (χ0) is 31.8. The van der Waals surface area contributed by atoms with Crippen molar-refractivity contribution in [2.24, 2.45) is 15.1 Å². The minimum Gasteiger partial charge on any atom is -0.388 e. The average molecular weight is 636 g/mol. The third kappa shape index (κ3) is 8.47. The molecular weight excluding hydrogens is 594 g/mol. The molecule has 1 atom stereocenters. The van der Waals surface area contributed by atoms with Crippen molar-refractivity contribution >= 4 is 35.1 Å². The number of benzene rings is 1. The van der Waals surface area contributed by atoms with Gasteiger partial charge in [0.25, 0.3) is 5.56 Å². The molecule has 3 aliphatic rings. The highest BCUT2D eigenvalue weighted by molar-refractivity contribution is 6.33. The first-order valence-corrected chi connectivity index (χ1v) is 16.1. The number of nitrogens with one attached hydrogen (secondary N) is 3. The molecule has 3 N–H and O–H groups in total. The van der Waals surface area contributed by atoms with Gasteiger partial charge in [-0.25, -0.2) is 9.98 Å². The van der Waals surface area contributed by atoms with Gasteiger partial charge in [-0.05, 0) is 84.2 Å². The number of carbonyl (C=O) groups is 1. The Hall–Kier alpha value is -3.80. The third-order valence-corrected chi connectivity index (χ3v) is 8.24. The van der Waals surface area contributed by atoms with Crippen molar-refractivity contribution in [3.8, 4) is 11.1 Å². The fourth-order valence-electron chi connectivity index (χ4n) is 5.53. The standard InChI is InChI=1S/C33H42ClN7O4/c1-4-44-16-13-21(2)36-29-8-6-5-7-24-17-27(26-10-9-23(18-28(26)34)31-37-22(3)20-45-40-31)33(43)41(32(24)39-29)19-30(42)38-25-11-14-35-15-12-25/h7-10,17-18,21,25,35-36H,4-6,11-16,19-20H2,1-3H3,(H,38,42). The molecule has 5 rings (SSSR count). The maximum atomic E-state index is 14.3. The molecule has 1 unspecified atom stereocenters. The lowest BCUT2D eigenvalue weighted by Crippen LogP contribution is -2.50. The minimum atomic E-state index is -0.350. The number of amidine groups is 1. The van der Waals surface area contributed by atoms with E-state index in [1.807, 2.05) is 32.1 Å². The Morgan fingerprint density at radius 3 is 2.73 bits per heavy atom. The van der Waals surface area contributed by atoms with Gasteiger partial charge in [-0.3, -0.25) is 14.2 Å². The van der Waals surface area contributed by atoms with Crippen LogP contribution in [0.5, 0.6) is 0 Å². The maximum absolute atomic E-state index is 14.3. The first-order valence-electron chi connectivity index (χ1n) is 15.7. The lowest BCUT2D eigenvalue weighted by atomic mass is 10.0. The second-order valence-corrected chi connectivity index (χ2v) is 12.0. The van der Waals surface area contributed by atoms with Crippen molar-refractivity contribution < 1.29 is 14.4 Å². The molecule has 4 heterocycles. The van der Waals surface area contributed by atoms with Crippen LogP contribution < -0.4 is 32.2 Å². The Balaban J connectivity index is 1.56. The van der Waals surface area contributed by atoms with Gasteiger partial charge in [0.15, 0.2) is 12.4 Å². The number of ether oxygens (including phenoxy) is 1. The molecule has 45 heavy (non-hydrogen) atoms. The van der Waals surface area contributed by atoms with Crippen LogP contribution in [0.15, 0.2) is 56.1 Å². The molecule has 0 bridgehead atoms. The van der Waals surface area contributed by atoms with Crippen LogP contribution in [-0.4, -0.2) is 67.0 Å². The SMILES string of the molecule is CCOCCC(C)NC1=CCCC=c2cc(-c3ccc(C4=NOCC(C)=N4)cc3Cl)c(=O)n(CC(=O)NC3CCNCC3)c2=N1. The highest BCUT2D eigenvalue weighted by Gasteiger charge is 2.20. The van der Waals surface area contributed by atoms with E-state index in [0.29, 0.717) is 58.7 Å². The largest absolute Gasteiger partial charge is 0.388 e. The van der Waals surface area contributed by atoms with Gasteiger partial charge < -0.3 is 25.5 Å². The summed E-state index contributed by atoms with van der Waals surface area (Å²) in [6.45, 7) is 9.10. The number of hydrogen-bond donors (Lipinski definition) is 3. The van der Waals surface area contributed by atoms with Crippen LogP contribution in [0.4, 0.5) is 0 Å². The predicted octanol–water partition coefficient (Wildman–Crippen LogP) is 2.63. The summed E-state index contributed by atoms with van der Waals surface area (Å²) in [7, 11) is 0. The van der Waals surface area contributed by atoms with E-state index in [9.17, 15) is 9.59 Å². The fraction of sp³-hybridized carbons (Fsp3) is 0.485. The van der Waals surface area contributed by atoms with E-state index in [-0.39, 0.29) is 30.1 Å². The summed E-state index contributed by atoms with van der Waals surface area (Å²) < 4.78 is 7.00. The van der Waals surface area contributed by atoms with Crippen molar-refractivity contribution in [1.82, 2.24) is 20.5 Å². The van der Waals surface area contributed by atoms with Gasteiger partial charge in [0.05, 0.1) is 5.71 Å². The summed E-state index contributed by atoms with van der Waals surface area (Å²) in [6, 6.07) is 7.33. The van der Waals surface area contributed by atoms with E-state index in [0.717, 1.165) is 56.1 Å². The van der Waals surface area contributed by atoms with Crippen LogP contribution in [0.25, 0.3) is 17.2 Å². The Morgan fingerprint density at radius 2 is 1.98 bits per heavy atom. The normalized spacial score (nSPS) is 17.6. The third-order valence-electron chi connectivity index (χ3n) is 7.92. The van der Waals surface area contributed by atoms with Gasteiger partial charge >= 0.3 is 0 Å². The van der Waals surface area contributed by atoms with Crippen LogP contribution >= 0.6 is 11.6 Å². The number of aliphatic imine (C=N–C) groups is 1. The average Bonchev–Trinajstić information content (AvgIpc) is 3.01. The van der Waals surface area contributed by atoms with Crippen LogP contribution in [0, 0.1) is 0 Å². The number of allylic oxidation sites excluding steroid dienone is 1. The van der Waals surface area contributed by atoms with Gasteiger partial charge in [-0.2, -0.15) is 0 Å². The van der Waals surface area contributed by atoms with Crippen molar-refractivity contribution in [1.29, 1.82) is 0 Å². The Labute approximate surface area is 268 Å². The number of carbonyl (C=O) groups excluding carboxylic acids is 1. The highest BCUT2D eigenvalue weighted by Crippen LogP contribution is 2.27. The molecule has 2 aromatic rings. The monoisotopic (exact) mass is 635 g/mol. The van der Waals surface area contributed by atoms with Crippen LogP contribution in [0.3, 0.4) is 0 Å². The molecule has 0 spiro atoms. The number of hydrogen-bond acceptors (Lipinski definition) is 9. The molecular formula is C33H42ClN7O4. The maximum Gasteiger partial charge on any atom is 0.260 e. The molecule has 0 aliphatic carbocycles. The van der Waals surface area contributed by atoms with Crippen molar-refractivity contribution in [3.63, 3.8) is 0 Å². The molecule has 0 saturated carbocycles. The van der Waals surface area contributed by atoms with E-state index in [4.69, 9.17) is 26.2 Å². The van der Waals surface area contributed by atoms with E-state index in [2.05, 4.69) is 39.1 Å². The number of rotatable bonds is 11. The van der Waals surface area contributed by atoms with Gasteiger partial charge in [-0.1, -0.05) is 35.0 Å². The summed E-state index contributed by atoms with van der Waals surface area (Å²) in [5, 5.41) is 15.1. The number of nitrogens with zero attached hydrogens (tertiary/aromatic N) is 4. The van der Waals surface area contributed by atoms with E-state index in [1.165, 1.54) is 4.57 Å². The molecule has 1 fully saturated rings. The minimum absolute atomic E-state index is 0.0613. The summed E-state index contributed by atoms with van der Waals surface area (Å²) >= 11 is 6.81. The first-order chi connectivity index (χ1) is 21.8. The van der Waals surface area contributed by atoms with E-state index < -0.39 is 0 Å². The number of piperidine rings is 1. The molecule has 11 nitrogen and oxygen atoms in total. The van der Waals surface area contributed by atoms with Crippen molar-refractivity contribution in [2.75, 3.05) is 32.9 Å². The molecule has 1 aromatic heterocycles. The van der Waals surface area contributed by atoms with Gasteiger partial charge in [0.2, 0.25) is 5.91 Å². The Morgan fingerprint density at radius 1 is 1.18 bits per heavy atom. The van der Waals surface area contributed by atoms with Crippen molar-refractivity contribution in [3.05, 3.63) is 67.8 Å². The molecule has 1 aromatic carbocycles. The van der Waals surface area contributed by atoms with Gasteiger partial charge in [0, 0.05) is 52.2 Å². The van der Waals surface area contributed by atoms with Gasteiger partial charge in [0.1, 0.15) is 17.9 Å². The topological polar surface area (TPSA) is 131 Å². The Bertz CT molecular complexity index is 1670. The molecule has 240 valence electrons. The highest BCUT2D eigenvalue weighted by atomic mass is 35.5.